The van der Waals surface area contributed by atoms with E-state index in [1.807, 2.05) is 11.8 Å². The highest BCUT2D eigenvalue weighted by molar-refractivity contribution is 7.98. The van der Waals surface area contributed by atoms with Gasteiger partial charge in [0, 0.05) is 11.8 Å². The Labute approximate surface area is 97.7 Å². The van der Waals surface area contributed by atoms with Crippen molar-refractivity contribution >= 4 is 11.8 Å². The Bertz CT molecular complexity index is 303. The van der Waals surface area contributed by atoms with Crippen LogP contribution in [-0.2, 0) is 0 Å². The van der Waals surface area contributed by atoms with Crippen molar-refractivity contribution in [2.24, 2.45) is 0 Å². The predicted molar refractivity (Wildman–Crippen MR) is 70.7 cm³/mol. The molecule has 1 aromatic rings. The lowest BCUT2D eigenvalue weighted by Gasteiger charge is -2.20. The van der Waals surface area contributed by atoms with Gasteiger partial charge in [-0.05, 0) is 43.3 Å². The van der Waals surface area contributed by atoms with Gasteiger partial charge in [-0.1, -0.05) is 25.1 Å². The largest absolute Gasteiger partial charge is 0.310 e. The van der Waals surface area contributed by atoms with Gasteiger partial charge in [-0.25, -0.2) is 0 Å². The first-order valence-electron chi connectivity index (χ1n) is 5.49. The molecule has 1 atom stereocenters. The number of rotatable bonds is 5. The SMILES string of the molecule is CCNC(CSC)c1cccc(C)c1C. The van der Waals surface area contributed by atoms with Gasteiger partial charge in [-0.3, -0.25) is 0 Å². The summed E-state index contributed by atoms with van der Waals surface area (Å²) in [6, 6.07) is 7.07. The molecule has 1 N–H and O–H groups in total. The van der Waals surface area contributed by atoms with Crippen LogP contribution in [0.4, 0.5) is 0 Å². The van der Waals surface area contributed by atoms with Crippen LogP contribution in [0, 0.1) is 13.8 Å². The first-order chi connectivity index (χ1) is 7.20. The Kier molecular flexibility index (Phi) is 5.20. The Morgan fingerprint density at radius 1 is 1.33 bits per heavy atom. The molecule has 0 aliphatic rings. The summed E-state index contributed by atoms with van der Waals surface area (Å²) < 4.78 is 0. The average Bonchev–Trinajstić information content (AvgIpc) is 2.22. The lowest BCUT2D eigenvalue weighted by Crippen LogP contribution is -2.23. The van der Waals surface area contributed by atoms with Gasteiger partial charge in [0.2, 0.25) is 0 Å². The normalized spacial score (nSPS) is 12.8. The fraction of sp³-hybridized carbons (Fsp3) is 0.538. The van der Waals surface area contributed by atoms with Crippen LogP contribution in [0.3, 0.4) is 0 Å². The van der Waals surface area contributed by atoms with Crippen molar-refractivity contribution in [3.8, 4) is 0 Å². The first-order valence-corrected chi connectivity index (χ1v) is 6.88. The standard InChI is InChI=1S/C13H21NS/c1-5-14-13(9-15-4)12-8-6-7-10(2)11(12)3/h6-8,13-14H,5,9H2,1-4H3. The molecule has 1 unspecified atom stereocenters. The predicted octanol–water partition coefficient (Wildman–Crippen LogP) is 3.32. The summed E-state index contributed by atoms with van der Waals surface area (Å²) in [7, 11) is 0. The van der Waals surface area contributed by atoms with E-state index in [4.69, 9.17) is 0 Å². The highest BCUT2D eigenvalue weighted by atomic mass is 32.2. The molecule has 2 heteroatoms. The van der Waals surface area contributed by atoms with Gasteiger partial charge in [0.05, 0.1) is 0 Å². The summed E-state index contributed by atoms with van der Waals surface area (Å²) >= 11 is 1.90. The maximum absolute atomic E-state index is 3.55. The van der Waals surface area contributed by atoms with Crippen molar-refractivity contribution in [3.05, 3.63) is 34.9 Å². The van der Waals surface area contributed by atoms with Crippen LogP contribution in [0.2, 0.25) is 0 Å². The Balaban J connectivity index is 2.94. The maximum Gasteiger partial charge on any atom is 0.0414 e. The molecule has 1 nitrogen and oxygen atoms in total. The second kappa shape index (κ2) is 6.19. The minimum atomic E-state index is 0.491. The van der Waals surface area contributed by atoms with Crippen molar-refractivity contribution in [2.45, 2.75) is 26.8 Å². The van der Waals surface area contributed by atoms with Crippen LogP contribution in [0.25, 0.3) is 0 Å². The van der Waals surface area contributed by atoms with Crippen molar-refractivity contribution in [3.63, 3.8) is 0 Å². The zero-order valence-corrected chi connectivity index (χ0v) is 10.9. The summed E-state index contributed by atoms with van der Waals surface area (Å²) in [6.45, 7) is 7.59. The molecule has 0 saturated carbocycles. The number of hydrogen-bond acceptors (Lipinski definition) is 2. The van der Waals surface area contributed by atoms with Gasteiger partial charge < -0.3 is 5.32 Å². The van der Waals surface area contributed by atoms with Crippen molar-refractivity contribution in [2.75, 3.05) is 18.6 Å². The van der Waals surface area contributed by atoms with Crippen LogP contribution in [-0.4, -0.2) is 18.6 Å². The molecule has 1 aromatic carbocycles. The topological polar surface area (TPSA) is 12.0 Å². The fourth-order valence-corrected chi connectivity index (χ4v) is 2.45. The molecule has 15 heavy (non-hydrogen) atoms. The molecule has 0 radical (unpaired) electrons. The second-order valence-corrected chi connectivity index (χ2v) is 4.77. The van der Waals surface area contributed by atoms with E-state index in [0.29, 0.717) is 6.04 Å². The Morgan fingerprint density at radius 2 is 2.07 bits per heavy atom. The molecule has 0 amide bonds. The molecule has 0 aliphatic heterocycles. The van der Waals surface area contributed by atoms with Gasteiger partial charge in [0.1, 0.15) is 0 Å². The van der Waals surface area contributed by atoms with E-state index >= 15 is 0 Å². The van der Waals surface area contributed by atoms with E-state index in [1.165, 1.54) is 16.7 Å². The first kappa shape index (κ1) is 12.6. The zero-order chi connectivity index (χ0) is 11.3. The molecule has 0 heterocycles. The number of benzene rings is 1. The third kappa shape index (κ3) is 3.25. The Hall–Kier alpha value is -0.470. The molecule has 0 fully saturated rings. The van der Waals surface area contributed by atoms with Gasteiger partial charge in [-0.15, -0.1) is 0 Å². The maximum atomic E-state index is 3.55. The molecular weight excluding hydrogens is 202 g/mol. The molecular formula is C13H21NS. The minimum Gasteiger partial charge on any atom is -0.310 e. The molecule has 0 saturated heterocycles. The van der Waals surface area contributed by atoms with Crippen LogP contribution in [0.15, 0.2) is 18.2 Å². The van der Waals surface area contributed by atoms with E-state index < -0.39 is 0 Å². The molecule has 0 aromatic heterocycles. The highest BCUT2D eigenvalue weighted by Crippen LogP contribution is 2.22. The number of hydrogen-bond donors (Lipinski definition) is 1. The summed E-state index contributed by atoms with van der Waals surface area (Å²) in [5.74, 6) is 1.14. The molecule has 84 valence electrons. The van der Waals surface area contributed by atoms with Crippen LogP contribution in [0.1, 0.15) is 29.7 Å². The van der Waals surface area contributed by atoms with Gasteiger partial charge >= 0.3 is 0 Å². The van der Waals surface area contributed by atoms with Gasteiger partial charge in [-0.2, -0.15) is 11.8 Å². The van der Waals surface area contributed by atoms with E-state index in [9.17, 15) is 0 Å². The van der Waals surface area contributed by atoms with Crippen LogP contribution >= 0.6 is 11.8 Å². The van der Waals surface area contributed by atoms with Crippen molar-refractivity contribution in [1.82, 2.24) is 5.32 Å². The zero-order valence-electron chi connectivity index (χ0n) is 10.1. The average molecular weight is 223 g/mol. The summed E-state index contributed by atoms with van der Waals surface area (Å²) in [4.78, 5) is 0. The fourth-order valence-electron chi connectivity index (χ4n) is 1.82. The molecule has 0 bridgehead atoms. The third-order valence-corrected chi connectivity index (χ3v) is 3.47. The van der Waals surface area contributed by atoms with Crippen molar-refractivity contribution < 1.29 is 0 Å². The van der Waals surface area contributed by atoms with Crippen LogP contribution in [0.5, 0.6) is 0 Å². The molecule has 0 spiro atoms. The monoisotopic (exact) mass is 223 g/mol. The molecule has 1 rings (SSSR count). The lowest BCUT2D eigenvalue weighted by molar-refractivity contribution is 0.603. The smallest absolute Gasteiger partial charge is 0.0414 e. The van der Waals surface area contributed by atoms with E-state index in [-0.39, 0.29) is 0 Å². The number of nitrogens with one attached hydrogen (secondary N) is 1. The van der Waals surface area contributed by atoms with Crippen LogP contribution < -0.4 is 5.32 Å². The minimum absolute atomic E-state index is 0.491. The number of thioether (sulfide) groups is 1. The van der Waals surface area contributed by atoms with Gasteiger partial charge in [0.15, 0.2) is 0 Å². The van der Waals surface area contributed by atoms with Gasteiger partial charge in [0.25, 0.3) is 0 Å². The van der Waals surface area contributed by atoms with E-state index in [2.05, 4.69) is 50.5 Å². The summed E-state index contributed by atoms with van der Waals surface area (Å²) in [6.07, 6.45) is 2.16. The Morgan fingerprint density at radius 3 is 2.67 bits per heavy atom. The highest BCUT2D eigenvalue weighted by Gasteiger charge is 2.12. The number of aryl methyl sites for hydroxylation is 1. The summed E-state index contributed by atoms with van der Waals surface area (Å²) in [5, 5.41) is 3.55. The quantitative estimate of drug-likeness (QED) is 0.822. The summed E-state index contributed by atoms with van der Waals surface area (Å²) in [5.41, 5.74) is 4.26. The molecule has 0 aliphatic carbocycles. The van der Waals surface area contributed by atoms with E-state index in [0.717, 1.165) is 12.3 Å². The second-order valence-electron chi connectivity index (χ2n) is 3.85. The lowest BCUT2D eigenvalue weighted by atomic mass is 9.98. The third-order valence-electron chi connectivity index (χ3n) is 2.81. The van der Waals surface area contributed by atoms with E-state index in [1.54, 1.807) is 0 Å². The van der Waals surface area contributed by atoms with Crippen molar-refractivity contribution in [1.29, 1.82) is 0 Å².